The Labute approximate surface area is 182 Å². The maximum absolute atomic E-state index is 10.9. The first-order valence-corrected chi connectivity index (χ1v) is 10.5. The van der Waals surface area contributed by atoms with Crippen LogP contribution in [0.3, 0.4) is 0 Å². The molecule has 2 saturated heterocycles. The molecule has 0 amide bonds. The molecule has 5 atom stereocenters. The average molecular weight is 430 g/mol. The number of hydrogen-bond donors (Lipinski definition) is 1. The van der Waals surface area contributed by atoms with Crippen LogP contribution in [0.5, 0.6) is 5.75 Å². The third-order valence-electron chi connectivity index (χ3n) is 5.44. The van der Waals surface area contributed by atoms with Crippen molar-refractivity contribution in [3.63, 3.8) is 0 Å². The summed E-state index contributed by atoms with van der Waals surface area (Å²) in [4.78, 5) is 0. The van der Waals surface area contributed by atoms with Gasteiger partial charge in [-0.3, -0.25) is 0 Å². The molecule has 2 aromatic carbocycles. The minimum atomic E-state index is -0.882. The summed E-state index contributed by atoms with van der Waals surface area (Å²) >= 11 is 0. The van der Waals surface area contributed by atoms with Gasteiger partial charge in [-0.2, -0.15) is 0 Å². The SMILES string of the molecule is COc1ccc(CO[C@H](COCc2ccccc2)[C@H]2O[C@@H]3OC(C)(C)O[C@@H]3[C@H]2O)cc1. The second-order valence-corrected chi connectivity index (χ2v) is 8.26. The standard InChI is InChI=1S/C24H30O7/c1-24(2)30-22-20(25)21(29-23(22)31-24)19(15-27-13-16-7-5-4-6-8-16)28-14-17-9-11-18(26-3)12-10-17/h4-12,19-23,25H,13-15H2,1-3H3/t19-,20+,21-,22-,23-/m1/s1. The van der Waals surface area contributed by atoms with Crippen LogP contribution in [0.4, 0.5) is 0 Å². The van der Waals surface area contributed by atoms with Crippen molar-refractivity contribution in [3.8, 4) is 5.75 Å². The topological polar surface area (TPSA) is 75.6 Å². The predicted octanol–water partition coefficient (Wildman–Crippen LogP) is 3.03. The Morgan fingerprint density at radius 1 is 0.968 bits per heavy atom. The van der Waals surface area contributed by atoms with Gasteiger partial charge in [-0.1, -0.05) is 42.5 Å². The second kappa shape index (κ2) is 9.65. The summed E-state index contributed by atoms with van der Waals surface area (Å²) in [6.45, 7) is 4.65. The van der Waals surface area contributed by atoms with Crippen LogP contribution in [-0.2, 0) is 36.9 Å². The number of aliphatic hydroxyl groups is 1. The first-order chi connectivity index (χ1) is 14.9. The van der Waals surface area contributed by atoms with Gasteiger partial charge in [0.1, 0.15) is 30.2 Å². The molecule has 7 nitrogen and oxygen atoms in total. The van der Waals surface area contributed by atoms with E-state index in [-0.39, 0.29) is 6.61 Å². The Morgan fingerprint density at radius 3 is 2.35 bits per heavy atom. The first-order valence-electron chi connectivity index (χ1n) is 10.5. The molecule has 0 radical (unpaired) electrons. The van der Waals surface area contributed by atoms with Crippen molar-refractivity contribution in [3.05, 3.63) is 65.7 Å². The molecule has 0 spiro atoms. The Balaban J connectivity index is 1.40. The van der Waals surface area contributed by atoms with Crippen molar-refractivity contribution in [2.24, 2.45) is 0 Å². The zero-order valence-corrected chi connectivity index (χ0v) is 18.1. The normalized spacial score (nSPS) is 27.7. The molecular weight excluding hydrogens is 400 g/mol. The van der Waals surface area contributed by atoms with E-state index < -0.39 is 36.5 Å². The van der Waals surface area contributed by atoms with Gasteiger partial charge < -0.3 is 33.5 Å². The molecular formula is C24H30O7. The minimum absolute atomic E-state index is 0.260. The van der Waals surface area contributed by atoms with Crippen molar-refractivity contribution in [2.75, 3.05) is 13.7 Å². The summed E-state index contributed by atoms with van der Waals surface area (Å²) in [5, 5.41) is 10.9. The van der Waals surface area contributed by atoms with Gasteiger partial charge in [0.15, 0.2) is 12.1 Å². The molecule has 0 bridgehead atoms. The number of aliphatic hydroxyl groups excluding tert-OH is 1. The summed E-state index contributed by atoms with van der Waals surface area (Å²) in [6.07, 6.45) is -3.19. The number of methoxy groups -OCH3 is 1. The Kier molecular flexibility index (Phi) is 6.91. The van der Waals surface area contributed by atoms with Crippen molar-refractivity contribution < 1.29 is 33.5 Å². The van der Waals surface area contributed by atoms with Crippen LogP contribution >= 0.6 is 0 Å². The predicted molar refractivity (Wildman–Crippen MR) is 112 cm³/mol. The number of ether oxygens (including phenoxy) is 6. The molecule has 2 aliphatic rings. The van der Waals surface area contributed by atoms with Gasteiger partial charge in [0.05, 0.1) is 26.9 Å². The van der Waals surface area contributed by atoms with Crippen LogP contribution in [0.1, 0.15) is 25.0 Å². The van der Waals surface area contributed by atoms with E-state index in [1.165, 1.54) is 0 Å². The largest absolute Gasteiger partial charge is 0.497 e. The van der Waals surface area contributed by atoms with Crippen LogP contribution in [0.25, 0.3) is 0 Å². The van der Waals surface area contributed by atoms with Crippen molar-refractivity contribution in [1.82, 2.24) is 0 Å². The van der Waals surface area contributed by atoms with Gasteiger partial charge >= 0.3 is 0 Å². The van der Waals surface area contributed by atoms with Crippen molar-refractivity contribution in [2.45, 2.75) is 63.6 Å². The lowest BCUT2D eigenvalue weighted by Gasteiger charge is -2.28. The van der Waals surface area contributed by atoms with Crippen molar-refractivity contribution >= 4 is 0 Å². The third-order valence-corrected chi connectivity index (χ3v) is 5.44. The molecule has 2 aliphatic heterocycles. The summed E-state index contributed by atoms with van der Waals surface area (Å²) in [5.74, 6) is -0.00403. The van der Waals surface area contributed by atoms with Gasteiger partial charge in [-0.05, 0) is 37.1 Å². The second-order valence-electron chi connectivity index (χ2n) is 8.26. The zero-order chi connectivity index (χ0) is 21.8. The van der Waals surface area contributed by atoms with Gasteiger partial charge in [0.2, 0.25) is 0 Å². The fraction of sp³-hybridized carbons (Fsp3) is 0.500. The van der Waals surface area contributed by atoms with Gasteiger partial charge in [0.25, 0.3) is 0 Å². The third kappa shape index (κ3) is 5.44. The minimum Gasteiger partial charge on any atom is -0.497 e. The fourth-order valence-electron chi connectivity index (χ4n) is 3.85. The number of hydrogen-bond acceptors (Lipinski definition) is 7. The molecule has 0 aromatic heterocycles. The lowest BCUT2D eigenvalue weighted by Crippen LogP contribution is -2.44. The highest BCUT2D eigenvalue weighted by Crippen LogP contribution is 2.38. The lowest BCUT2D eigenvalue weighted by molar-refractivity contribution is -0.233. The summed E-state index contributed by atoms with van der Waals surface area (Å²) < 4.78 is 34.9. The molecule has 31 heavy (non-hydrogen) atoms. The quantitative estimate of drug-likeness (QED) is 0.655. The lowest BCUT2D eigenvalue weighted by atomic mass is 10.1. The van der Waals surface area contributed by atoms with Gasteiger partial charge in [-0.15, -0.1) is 0 Å². The Hall–Kier alpha value is -2.00. The zero-order valence-electron chi connectivity index (χ0n) is 18.1. The van der Waals surface area contributed by atoms with Crippen LogP contribution < -0.4 is 4.74 Å². The monoisotopic (exact) mass is 430 g/mol. The average Bonchev–Trinajstić information content (AvgIpc) is 3.24. The van der Waals surface area contributed by atoms with Crippen molar-refractivity contribution in [1.29, 1.82) is 0 Å². The Morgan fingerprint density at radius 2 is 1.68 bits per heavy atom. The molecule has 168 valence electrons. The molecule has 0 saturated carbocycles. The molecule has 1 N–H and O–H groups in total. The van der Waals surface area contributed by atoms with Crippen LogP contribution in [-0.4, -0.2) is 55.3 Å². The van der Waals surface area contributed by atoms with E-state index in [0.29, 0.717) is 13.2 Å². The smallest absolute Gasteiger partial charge is 0.190 e. The van der Waals surface area contributed by atoms with Crippen LogP contribution in [0.15, 0.2) is 54.6 Å². The van der Waals surface area contributed by atoms with E-state index in [0.717, 1.165) is 16.9 Å². The highest BCUT2D eigenvalue weighted by molar-refractivity contribution is 5.26. The Bertz CT molecular complexity index is 824. The summed E-state index contributed by atoms with van der Waals surface area (Å²) in [6, 6.07) is 17.6. The number of benzene rings is 2. The van der Waals surface area contributed by atoms with Crippen LogP contribution in [0.2, 0.25) is 0 Å². The molecule has 2 fully saturated rings. The summed E-state index contributed by atoms with van der Waals surface area (Å²) in [5.41, 5.74) is 2.05. The molecule has 7 heteroatoms. The van der Waals surface area contributed by atoms with Gasteiger partial charge in [-0.25, -0.2) is 0 Å². The van der Waals surface area contributed by atoms with E-state index >= 15 is 0 Å². The molecule has 4 rings (SSSR count). The highest BCUT2D eigenvalue weighted by Gasteiger charge is 2.56. The van der Waals surface area contributed by atoms with E-state index in [1.807, 2.05) is 54.6 Å². The maximum Gasteiger partial charge on any atom is 0.190 e. The fourth-order valence-corrected chi connectivity index (χ4v) is 3.85. The molecule has 2 aromatic rings. The first kappa shape index (κ1) is 22.2. The number of fused-ring (bicyclic) bond motifs is 1. The number of rotatable bonds is 9. The molecule has 2 heterocycles. The van der Waals surface area contributed by atoms with E-state index in [4.69, 9.17) is 28.4 Å². The van der Waals surface area contributed by atoms with Crippen LogP contribution in [0, 0.1) is 0 Å². The van der Waals surface area contributed by atoms with Gasteiger partial charge in [0, 0.05) is 0 Å². The molecule has 0 aliphatic carbocycles. The maximum atomic E-state index is 10.9. The van der Waals surface area contributed by atoms with E-state index in [1.54, 1.807) is 21.0 Å². The highest BCUT2D eigenvalue weighted by atomic mass is 16.8. The van der Waals surface area contributed by atoms with E-state index in [9.17, 15) is 5.11 Å². The van der Waals surface area contributed by atoms with E-state index in [2.05, 4.69) is 0 Å². The summed E-state index contributed by atoms with van der Waals surface area (Å²) in [7, 11) is 1.63. The molecule has 0 unspecified atom stereocenters.